The van der Waals surface area contributed by atoms with Crippen LogP contribution in [-0.2, 0) is 22.6 Å². The van der Waals surface area contributed by atoms with Crippen molar-refractivity contribution in [2.75, 3.05) is 6.79 Å². The molecule has 0 fully saturated rings. The Morgan fingerprint density at radius 3 is 3.04 bits per heavy atom. The van der Waals surface area contributed by atoms with Gasteiger partial charge < -0.3 is 18.7 Å². The normalized spacial score (nSPS) is 12.5. The van der Waals surface area contributed by atoms with E-state index in [1.807, 2.05) is 18.2 Å². The van der Waals surface area contributed by atoms with Gasteiger partial charge >= 0.3 is 5.97 Å². The number of benzene rings is 2. The average Bonchev–Trinajstić information content (AvgIpc) is 3.21. The van der Waals surface area contributed by atoms with Crippen LogP contribution < -0.4 is 9.47 Å². The number of rotatable bonds is 4. The fourth-order valence-electron chi connectivity index (χ4n) is 2.52. The smallest absolute Gasteiger partial charge is 0.312 e. The van der Waals surface area contributed by atoms with Crippen LogP contribution in [0, 0.1) is 0 Å². The molecule has 7 heteroatoms. The lowest BCUT2D eigenvalue weighted by Crippen LogP contribution is -2.08. The average molecular weight is 346 g/mol. The van der Waals surface area contributed by atoms with E-state index >= 15 is 0 Å². The maximum atomic E-state index is 12.1. The first kappa shape index (κ1) is 14.8. The molecule has 1 aromatic heterocycles. The van der Waals surface area contributed by atoms with Gasteiger partial charge in [0, 0.05) is 5.39 Å². The first-order valence-electron chi connectivity index (χ1n) is 7.27. The highest BCUT2D eigenvalue weighted by Gasteiger charge is 2.19. The van der Waals surface area contributed by atoms with Gasteiger partial charge in [-0.1, -0.05) is 28.9 Å². The topological polar surface area (TPSA) is 70.8 Å². The van der Waals surface area contributed by atoms with E-state index in [0.717, 1.165) is 10.9 Å². The van der Waals surface area contributed by atoms with Gasteiger partial charge in [-0.3, -0.25) is 4.79 Å². The first-order valence-corrected chi connectivity index (χ1v) is 7.65. The lowest BCUT2D eigenvalue weighted by Gasteiger charge is -2.06. The predicted molar refractivity (Wildman–Crippen MR) is 85.1 cm³/mol. The summed E-state index contributed by atoms with van der Waals surface area (Å²) in [6, 6.07) is 10.8. The highest BCUT2D eigenvalue weighted by atomic mass is 35.5. The van der Waals surface area contributed by atoms with Crippen LogP contribution in [0.1, 0.15) is 11.3 Å². The van der Waals surface area contributed by atoms with Crippen molar-refractivity contribution in [2.24, 2.45) is 0 Å². The quantitative estimate of drug-likeness (QED) is 0.674. The molecular formula is C17H12ClNO5. The molecule has 6 nitrogen and oxygen atoms in total. The van der Waals surface area contributed by atoms with Crippen molar-refractivity contribution in [3.8, 4) is 11.5 Å². The summed E-state index contributed by atoms with van der Waals surface area (Å²) < 4.78 is 21.0. The number of halogens is 1. The summed E-state index contributed by atoms with van der Waals surface area (Å²) in [5.41, 5.74) is 1.92. The summed E-state index contributed by atoms with van der Waals surface area (Å²) in [7, 11) is 0. The molecule has 0 saturated heterocycles. The Hall–Kier alpha value is -2.73. The fourth-order valence-corrected chi connectivity index (χ4v) is 2.81. The third kappa shape index (κ3) is 2.76. The van der Waals surface area contributed by atoms with Gasteiger partial charge in [-0.15, -0.1) is 0 Å². The van der Waals surface area contributed by atoms with E-state index in [9.17, 15) is 4.79 Å². The number of carbonyl (C=O) groups is 1. The van der Waals surface area contributed by atoms with Crippen LogP contribution in [0.4, 0.5) is 0 Å². The molecule has 0 bridgehead atoms. The van der Waals surface area contributed by atoms with E-state index < -0.39 is 5.97 Å². The van der Waals surface area contributed by atoms with Gasteiger partial charge in [0.15, 0.2) is 17.1 Å². The predicted octanol–water partition coefficient (Wildman–Crippen LogP) is 3.50. The monoisotopic (exact) mass is 345 g/mol. The molecule has 2 heterocycles. The molecule has 0 atom stereocenters. The summed E-state index contributed by atoms with van der Waals surface area (Å²) in [6.45, 7) is 0.225. The minimum atomic E-state index is -0.400. The van der Waals surface area contributed by atoms with Crippen molar-refractivity contribution in [1.29, 1.82) is 0 Å². The van der Waals surface area contributed by atoms with Gasteiger partial charge in [0.1, 0.15) is 12.3 Å². The summed E-state index contributed by atoms with van der Waals surface area (Å²) in [4.78, 5) is 12.1. The van der Waals surface area contributed by atoms with Crippen LogP contribution >= 0.6 is 11.6 Å². The molecule has 0 saturated carbocycles. The van der Waals surface area contributed by atoms with Gasteiger partial charge in [-0.25, -0.2) is 0 Å². The van der Waals surface area contributed by atoms with Crippen LogP contribution in [0.2, 0.25) is 5.02 Å². The van der Waals surface area contributed by atoms with Crippen molar-refractivity contribution in [3.05, 3.63) is 52.7 Å². The Kier molecular flexibility index (Phi) is 3.74. The summed E-state index contributed by atoms with van der Waals surface area (Å²) in [6.07, 6.45) is 0.0370. The molecule has 2 aromatic carbocycles. The maximum Gasteiger partial charge on any atom is 0.312 e. The molecule has 122 valence electrons. The van der Waals surface area contributed by atoms with E-state index in [1.54, 1.807) is 18.2 Å². The van der Waals surface area contributed by atoms with Crippen molar-refractivity contribution in [2.45, 2.75) is 13.0 Å². The number of esters is 1. The molecule has 4 rings (SSSR count). The number of para-hydroxylation sites is 1. The lowest BCUT2D eigenvalue weighted by atomic mass is 10.2. The number of hydrogen-bond donors (Lipinski definition) is 0. The number of hydrogen-bond acceptors (Lipinski definition) is 6. The number of nitrogens with zero attached hydrogens (tertiary/aromatic N) is 1. The van der Waals surface area contributed by atoms with E-state index in [-0.39, 0.29) is 19.8 Å². The van der Waals surface area contributed by atoms with Crippen molar-refractivity contribution in [1.82, 2.24) is 5.16 Å². The summed E-state index contributed by atoms with van der Waals surface area (Å²) in [5, 5.41) is 5.15. The van der Waals surface area contributed by atoms with Gasteiger partial charge in [0.2, 0.25) is 6.79 Å². The van der Waals surface area contributed by atoms with Crippen molar-refractivity contribution >= 4 is 28.5 Å². The zero-order valence-electron chi connectivity index (χ0n) is 12.5. The molecule has 1 aliphatic rings. The third-order valence-electron chi connectivity index (χ3n) is 3.65. The van der Waals surface area contributed by atoms with Crippen LogP contribution in [0.25, 0.3) is 11.0 Å². The number of carbonyl (C=O) groups excluding carboxylic acids is 1. The molecule has 1 aliphatic heterocycles. The lowest BCUT2D eigenvalue weighted by molar-refractivity contribution is -0.144. The fraction of sp³-hybridized carbons (Fsp3) is 0.176. The highest BCUT2D eigenvalue weighted by molar-refractivity contribution is 6.32. The molecule has 0 aliphatic carbocycles. The Balaban J connectivity index is 1.43. The summed E-state index contributed by atoms with van der Waals surface area (Å²) >= 11 is 6.10. The molecule has 24 heavy (non-hydrogen) atoms. The number of ether oxygens (including phenoxy) is 3. The number of fused-ring (bicyclic) bond motifs is 2. The highest BCUT2D eigenvalue weighted by Crippen LogP contribution is 2.39. The van der Waals surface area contributed by atoms with Crippen LogP contribution in [0.3, 0.4) is 0 Å². The van der Waals surface area contributed by atoms with Gasteiger partial charge in [-0.05, 0) is 29.8 Å². The van der Waals surface area contributed by atoms with Gasteiger partial charge in [0.25, 0.3) is 0 Å². The first-order chi connectivity index (χ1) is 11.7. The van der Waals surface area contributed by atoms with Crippen molar-refractivity contribution < 1.29 is 23.5 Å². The Bertz CT molecular complexity index is 920. The maximum absolute atomic E-state index is 12.1. The second kappa shape index (κ2) is 6.05. The van der Waals surface area contributed by atoms with Crippen LogP contribution in [0.5, 0.6) is 11.5 Å². The van der Waals surface area contributed by atoms with Crippen LogP contribution in [-0.4, -0.2) is 17.9 Å². The van der Waals surface area contributed by atoms with E-state index in [2.05, 4.69) is 5.16 Å². The molecule has 0 N–H and O–H groups in total. The Morgan fingerprint density at radius 1 is 1.25 bits per heavy atom. The second-order valence-corrected chi connectivity index (χ2v) is 5.68. The van der Waals surface area contributed by atoms with E-state index in [1.165, 1.54) is 0 Å². The molecular weight excluding hydrogens is 334 g/mol. The largest absolute Gasteiger partial charge is 0.461 e. The molecule has 0 radical (unpaired) electrons. The molecule has 0 spiro atoms. The third-order valence-corrected chi connectivity index (χ3v) is 3.93. The molecule has 0 unspecified atom stereocenters. The van der Waals surface area contributed by atoms with E-state index in [0.29, 0.717) is 27.8 Å². The Morgan fingerprint density at radius 2 is 2.12 bits per heavy atom. The molecule has 0 amide bonds. The van der Waals surface area contributed by atoms with Gasteiger partial charge in [0.05, 0.1) is 11.4 Å². The van der Waals surface area contributed by atoms with Crippen molar-refractivity contribution in [3.63, 3.8) is 0 Å². The Labute approximate surface area is 141 Å². The van der Waals surface area contributed by atoms with Gasteiger partial charge in [-0.2, -0.15) is 0 Å². The van der Waals surface area contributed by atoms with E-state index in [4.69, 9.17) is 30.3 Å². The zero-order valence-corrected chi connectivity index (χ0v) is 13.2. The SMILES string of the molecule is O=C(Cc1noc2ccccc12)OCc1cc(Cl)c2c(c1)OCO2. The minimum absolute atomic E-state index is 0.0370. The summed E-state index contributed by atoms with van der Waals surface area (Å²) in [5.74, 6) is 0.666. The van der Waals surface area contributed by atoms with Crippen LogP contribution in [0.15, 0.2) is 40.9 Å². The second-order valence-electron chi connectivity index (χ2n) is 5.27. The zero-order chi connectivity index (χ0) is 16.5. The molecule has 3 aromatic rings. The minimum Gasteiger partial charge on any atom is -0.461 e. The number of aromatic nitrogens is 1. The standard InChI is InChI=1S/C17H12ClNO5/c18-12-5-10(6-15-17(12)23-9-22-15)8-21-16(20)7-13-11-3-1-2-4-14(11)24-19-13/h1-6H,7-9H2.